The van der Waals surface area contributed by atoms with Crippen molar-refractivity contribution >= 4 is 46.9 Å². The molecule has 0 atom stereocenters. The zero-order valence-electron chi connectivity index (χ0n) is 18.2. The molecular weight excluding hydrogens is 516 g/mol. The van der Waals surface area contributed by atoms with Crippen LogP contribution < -0.4 is 5.30 Å². The summed E-state index contributed by atoms with van der Waals surface area (Å²) in [6, 6.07) is 7.59. The molecule has 2 rings (SSSR count). The van der Waals surface area contributed by atoms with Gasteiger partial charge in [-0.25, -0.2) is 0 Å². The van der Waals surface area contributed by atoms with Crippen LogP contribution in [0.15, 0.2) is 34.8 Å². The second-order valence-electron chi connectivity index (χ2n) is 6.88. The van der Waals surface area contributed by atoms with Gasteiger partial charge in [-0.3, -0.25) is 0 Å². The molecule has 176 valence electrons. The molecule has 2 aromatic carbocycles. The van der Waals surface area contributed by atoms with E-state index < -0.39 is 26.1 Å². The van der Waals surface area contributed by atoms with Crippen LogP contribution in [-0.2, 0) is 28.3 Å². The number of hydrogen-bond acceptors (Lipinski definition) is 6. The van der Waals surface area contributed by atoms with Crippen molar-refractivity contribution in [2.45, 2.75) is 33.4 Å². The van der Waals surface area contributed by atoms with Crippen molar-refractivity contribution in [3.63, 3.8) is 0 Å². The molecule has 0 aliphatic rings. The monoisotopic (exact) mass is 544 g/mol. The second kappa shape index (κ2) is 9.78. The van der Waals surface area contributed by atoms with Crippen LogP contribution in [0.2, 0.25) is 0 Å². The molecule has 0 fully saturated rings. The summed E-state index contributed by atoms with van der Waals surface area (Å²) < 4.78 is 64.8. The first kappa shape index (κ1) is 26.7. The molecule has 0 spiro atoms. The zero-order chi connectivity index (χ0) is 23.5. The van der Waals surface area contributed by atoms with Crippen molar-refractivity contribution < 1.29 is 36.3 Å². The molecule has 0 aromatic heterocycles. The van der Waals surface area contributed by atoms with Crippen molar-refractivity contribution in [2.75, 3.05) is 33.1 Å². The molecule has 0 saturated heterocycles. The van der Waals surface area contributed by atoms with Gasteiger partial charge in [-0.05, 0) is 0 Å². The summed E-state index contributed by atoms with van der Waals surface area (Å²) >= 11 is 3.16. The third-order valence-corrected chi connectivity index (χ3v) is 10.6. The molecule has 0 bridgehead atoms. The van der Waals surface area contributed by atoms with Crippen molar-refractivity contribution in [2.24, 2.45) is 0 Å². The van der Waals surface area contributed by atoms with Crippen LogP contribution in [-0.4, -0.2) is 38.0 Å². The van der Waals surface area contributed by atoms with Gasteiger partial charge in [0.05, 0.1) is 0 Å². The third kappa shape index (κ3) is 5.20. The number of benzene rings is 2. The van der Waals surface area contributed by atoms with Crippen LogP contribution >= 0.6 is 30.8 Å². The Balaban J connectivity index is 2.71. The number of halogens is 3. The Kier molecular flexibility index (Phi) is 8.44. The molecule has 0 aliphatic heterocycles. The number of fused-ring (bicyclic) bond motifs is 1. The summed E-state index contributed by atoms with van der Waals surface area (Å²) in [5, 5.41) is 1.38. The summed E-state index contributed by atoms with van der Waals surface area (Å²) in [4.78, 5) is 11.3. The fraction of sp³-hybridized carbons (Fsp3) is 0.500. The van der Waals surface area contributed by atoms with Gasteiger partial charge < -0.3 is 0 Å². The third-order valence-electron chi connectivity index (χ3n) is 4.63. The molecule has 0 saturated carbocycles. The van der Waals surface area contributed by atoms with Gasteiger partial charge in [0.2, 0.25) is 0 Å². The van der Waals surface area contributed by atoms with Crippen LogP contribution in [0.3, 0.4) is 0 Å². The topological polar surface area (TPSA) is 74.2 Å². The Morgan fingerprint density at radius 3 is 2.00 bits per heavy atom. The van der Waals surface area contributed by atoms with Gasteiger partial charge in [0, 0.05) is 0 Å². The first-order valence-corrected chi connectivity index (χ1v) is 14.8. The van der Waals surface area contributed by atoms with E-state index in [1.54, 1.807) is 32.0 Å². The average Bonchev–Trinajstić information content (AvgIpc) is 2.67. The molecule has 11 heteroatoms. The van der Waals surface area contributed by atoms with Gasteiger partial charge in [-0.15, -0.1) is 0 Å². The van der Waals surface area contributed by atoms with E-state index >= 15 is 8.78 Å². The van der Waals surface area contributed by atoms with Crippen molar-refractivity contribution in [3.05, 3.63) is 40.4 Å². The van der Waals surface area contributed by atoms with Crippen LogP contribution in [0.25, 0.3) is 10.8 Å². The van der Waals surface area contributed by atoms with Crippen LogP contribution in [0.1, 0.15) is 33.3 Å². The SMILES string of the molecule is CCOP(=O)(OCC)C(F)(F)c1cc2cc(P(C)(O)(OCC)OCC)ccc2cc1Br. The molecule has 1 N–H and O–H groups in total. The standard InChI is InChI=1S/C20H29BrF2O6P2/c1-6-26-30(24,27-7-2)20(22,23)18-13-16-12-17(11-10-15(16)14-19(18)21)31(5,25,28-8-3)29-9-4/h10-14,25H,6-9H2,1-5H3. The first-order chi connectivity index (χ1) is 14.4. The molecule has 2 aromatic rings. The Hall–Kier alpha value is -0.500. The summed E-state index contributed by atoms with van der Waals surface area (Å²) in [6.07, 6.45) is 0. The van der Waals surface area contributed by atoms with Crippen molar-refractivity contribution in [3.8, 4) is 0 Å². The van der Waals surface area contributed by atoms with Crippen LogP contribution in [0.5, 0.6) is 0 Å². The average molecular weight is 545 g/mol. The van der Waals surface area contributed by atoms with E-state index in [0.29, 0.717) is 16.1 Å². The Morgan fingerprint density at radius 1 is 0.968 bits per heavy atom. The van der Waals surface area contributed by atoms with Crippen molar-refractivity contribution in [1.82, 2.24) is 0 Å². The van der Waals surface area contributed by atoms with Crippen molar-refractivity contribution in [1.29, 1.82) is 0 Å². The van der Waals surface area contributed by atoms with Gasteiger partial charge in [-0.2, -0.15) is 0 Å². The predicted octanol–water partition coefficient (Wildman–Crippen LogP) is 6.54. The predicted molar refractivity (Wildman–Crippen MR) is 124 cm³/mol. The first-order valence-electron chi connectivity index (χ1n) is 9.95. The molecule has 0 radical (unpaired) electrons. The van der Waals surface area contributed by atoms with Gasteiger partial charge in [0.15, 0.2) is 0 Å². The van der Waals surface area contributed by atoms with E-state index in [4.69, 9.17) is 18.1 Å². The normalized spacial score (nSPS) is 14.5. The minimum absolute atomic E-state index is 0.0602. The van der Waals surface area contributed by atoms with E-state index in [1.807, 2.05) is 0 Å². The van der Waals surface area contributed by atoms with Gasteiger partial charge in [0.1, 0.15) is 0 Å². The van der Waals surface area contributed by atoms with E-state index in [9.17, 15) is 9.46 Å². The second-order valence-corrected chi connectivity index (χ2v) is 13.5. The maximum absolute atomic E-state index is 15.4. The number of rotatable bonds is 11. The molecule has 0 aliphatic carbocycles. The number of hydrogen-bond donors (Lipinski definition) is 1. The molecule has 0 heterocycles. The fourth-order valence-corrected chi connectivity index (χ4v) is 8.04. The fourth-order valence-electron chi connectivity index (χ4n) is 3.28. The minimum atomic E-state index is -4.78. The summed E-state index contributed by atoms with van der Waals surface area (Å²) in [5.74, 6) is 0. The summed E-state index contributed by atoms with van der Waals surface area (Å²) in [5.41, 5.74) is -4.44. The molecular formula is C20H29BrF2O6P2. The molecule has 0 amide bonds. The molecule has 6 nitrogen and oxygen atoms in total. The Morgan fingerprint density at radius 2 is 1.52 bits per heavy atom. The molecule has 0 unspecified atom stereocenters. The molecule has 31 heavy (non-hydrogen) atoms. The van der Waals surface area contributed by atoms with Gasteiger partial charge >= 0.3 is 190 Å². The van der Waals surface area contributed by atoms with Crippen LogP contribution in [0, 0.1) is 0 Å². The summed E-state index contributed by atoms with van der Waals surface area (Å²) in [7, 11) is -8.96. The van der Waals surface area contributed by atoms with E-state index in [0.717, 1.165) is 0 Å². The van der Waals surface area contributed by atoms with Crippen LogP contribution in [0.4, 0.5) is 8.78 Å². The number of alkyl halides is 2. The van der Waals surface area contributed by atoms with E-state index in [1.165, 1.54) is 32.6 Å². The van der Waals surface area contributed by atoms with Gasteiger partial charge in [-0.1, -0.05) is 0 Å². The summed E-state index contributed by atoms with van der Waals surface area (Å²) in [6.45, 7) is 7.92. The zero-order valence-corrected chi connectivity index (χ0v) is 21.6. The maximum atomic E-state index is 15.4. The van der Waals surface area contributed by atoms with Gasteiger partial charge in [0.25, 0.3) is 0 Å². The quantitative estimate of drug-likeness (QED) is 0.324. The Labute approximate surface area is 190 Å². The Bertz CT molecular complexity index is 966. The van der Waals surface area contributed by atoms with E-state index in [-0.39, 0.29) is 30.9 Å². The van der Waals surface area contributed by atoms with E-state index in [2.05, 4.69) is 15.9 Å².